The molecule has 1 aromatic heterocycles. The van der Waals surface area contributed by atoms with E-state index >= 15 is 0 Å². The van der Waals surface area contributed by atoms with Gasteiger partial charge in [0.05, 0.1) is 0 Å². The smallest absolute Gasteiger partial charge is 0.349 e. The van der Waals surface area contributed by atoms with Gasteiger partial charge in [-0.25, -0.2) is 4.79 Å². The van der Waals surface area contributed by atoms with Gasteiger partial charge in [-0.2, -0.15) is 4.98 Å². The Bertz CT molecular complexity index is 580. The Labute approximate surface area is 112 Å². The van der Waals surface area contributed by atoms with Crippen molar-refractivity contribution in [2.24, 2.45) is 0 Å². The molecule has 0 atom stereocenters. The number of anilines is 1. The van der Waals surface area contributed by atoms with Crippen LogP contribution in [0.15, 0.2) is 17.1 Å². The van der Waals surface area contributed by atoms with Crippen LogP contribution in [-0.4, -0.2) is 55.6 Å². The summed E-state index contributed by atoms with van der Waals surface area (Å²) in [6.45, 7) is -2.07. The van der Waals surface area contributed by atoms with Crippen molar-refractivity contribution in [2.45, 2.75) is 6.54 Å². The highest BCUT2D eigenvalue weighted by Gasteiger charge is 2.20. The quantitative estimate of drug-likeness (QED) is 0.532. The van der Waals surface area contributed by atoms with Gasteiger partial charge in [0, 0.05) is 6.20 Å². The van der Waals surface area contributed by atoms with E-state index in [1.807, 2.05) is 0 Å². The molecule has 0 aromatic carbocycles. The number of carboxylic acid groups (broad SMARTS) is 2. The van der Waals surface area contributed by atoms with Gasteiger partial charge in [-0.3, -0.25) is 19.0 Å². The Hall–Kier alpha value is -2.91. The molecule has 108 valence electrons. The molecule has 10 nitrogen and oxygen atoms in total. The van der Waals surface area contributed by atoms with E-state index in [4.69, 9.17) is 15.9 Å². The number of carboxylic acids is 2. The molecule has 0 saturated carbocycles. The highest BCUT2D eigenvalue weighted by molar-refractivity contribution is 5.84. The summed E-state index contributed by atoms with van der Waals surface area (Å²) in [7, 11) is 0. The summed E-state index contributed by atoms with van der Waals surface area (Å²) in [5.41, 5.74) is 4.49. The SMILES string of the molecule is Nc1ccn(CC(=O)N(CC(=O)O)CC(=O)O)c(=O)n1. The van der Waals surface area contributed by atoms with Crippen molar-refractivity contribution in [1.82, 2.24) is 14.5 Å². The number of nitrogens with zero attached hydrogens (tertiary/aromatic N) is 3. The van der Waals surface area contributed by atoms with Crippen LogP contribution < -0.4 is 11.4 Å². The maximum atomic E-state index is 11.8. The molecule has 20 heavy (non-hydrogen) atoms. The fourth-order valence-corrected chi connectivity index (χ4v) is 1.37. The van der Waals surface area contributed by atoms with Crippen LogP contribution in [0.4, 0.5) is 5.82 Å². The Morgan fingerprint density at radius 3 is 2.25 bits per heavy atom. The number of amides is 1. The molecule has 0 radical (unpaired) electrons. The van der Waals surface area contributed by atoms with Gasteiger partial charge in [0.15, 0.2) is 0 Å². The maximum Gasteiger partial charge on any atom is 0.349 e. The fourth-order valence-electron chi connectivity index (χ4n) is 1.37. The van der Waals surface area contributed by atoms with Gasteiger partial charge >= 0.3 is 17.6 Å². The van der Waals surface area contributed by atoms with E-state index < -0.39 is 43.2 Å². The monoisotopic (exact) mass is 284 g/mol. The fraction of sp³-hybridized carbons (Fsp3) is 0.300. The molecular weight excluding hydrogens is 272 g/mol. The van der Waals surface area contributed by atoms with Gasteiger partial charge in [0.2, 0.25) is 5.91 Å². The average molecular weight is 284 g/mol. The molecule has 0 spiro atoms. The van der Waals surface area contributed by atoms with E-state index in [9.17, 15) is 19.2 Å². The largest absolute Gasteiger partial charge is 0.480 e. The highest BCUT2D eigenvalue weighted by atomic mass is 16.4. The first-order valence-corrected chi connectivity index (χ1v) is 5.34. The first-order valence-electron chi connectivity index (χ1n) is 5.34. The number of nitrogens with two attached hydrogens (primary N) is 1. The van der Waals surface area contributed by atoms with Crippen molar-refractivity contribution in [3.8, 4) is 0 Å². The summed E-state index contributed by atoms with van der Waals surface area (Å²) in [6, 6.07) is 1.29. The molecule has 0 aliphatic heterocycles. The molecule has 4 N–H and O–H groups in total. The molecule has 0 aliphatic carbocycles. The number of aromatic nitrogens is 2. The van der Waals surface area contributed by atoms with E-state index in [1.54, 1.807) is 0 Å². The number of aliphatic carboxylic acids is 2. The third-order valence-electron chi connectivity index (χ3n) is 2.21. The summed E-state index contributed by atoms with van der Waals surface area (Å²) in [5.74, 6) is -3.57. The number of hydrogen-bond acceptors (Lipinski definition) is 6. The lowest BCUT2D eigenvalue weighted by molar-refractivity contribution is -0.149. The lowest BCUT2D eigenvalue weighted by Gasteiger charge is -2.18. The summed E-state index contributed by atoms with van der Waals surface area (Å²) in [5, 5.41) is 17.2. The first kappa shape index (κ1) is 15.1. The Morgan fingerprint density at radius 2 is 1.80 bits per heavy atom. The maximum absolute atomic E-state index is 11.8. The van der Waals surface area contributed by atoms with Crippen LogP contribution in [0.5, 0.6) is 0 Å². The molecule has 0 unspecified atom stereocenters. The van der Waals surface area contributed by atoms with Crippen molar-refractivity contribution in [2.75, 3.05) is 18.8 Å². The van der Waals surface area contributed by atoms with Crippen LogP contribution in [-0.2, 0) is 20.9 Å². The number of carbonyl (C=O) groups excluding carboxylic acids is 1. The molecule has 0 saturated heterocycles. The zero-order valence-electron chi connectivity index (χ0n) is 10.2. The van der Waals surface area contributed by atoms with Crippen molar-refractivity contribution in [3.05, 3.63) is 22.7 Å². The molecule has 0 aliphatic rings. The van der Waals surface area contributed by atoms with Crippen molar-refractivity contribution in [1.29, 1.82) is 0 Å². The Morgan fingerprint density at radius 1 is 1.25 bits per heavy atom. The molecule has 10 heteroatoms. The molecule has 1 amide bonds. The Balaban J connectivity index is 2.87. The van der Waals surface area contributed by atoms with Crippen LogP contribution in [0.1, 0.15) is 0 Å². The van der Waals surface area contributed by atoms with Crippen LogP contribution in [0.25, 0.3) is 0 Å². The van der Waals surface area contributed by atoms with Crippen LogP contribution in [0, 0.1) is 0 Å². The lowest BCUT2D eigenvalue weighted by Crippen LogP contribution is -2.42. The standard InChI is InChI=1S/C10H12N4O6/c11-6-1-2-13(10(20)12-6)3-7(15)14(4-8(16)17)5-9(18)19/h1-2H,3-5H2,(H,16,17)(H,18,19)(H2,11,12,20). The average Bonchev–Trinajstić information content (AvgIpc) is 2.30. The Kier molecular flexibility index (Phi) is 4.78. The van der Waals surface area contributed by atoms with Crippen molar-refractivity contribution >= 4 is 23.7 Å². The topological polar surface area (TPSA) is 156 Å². The number of hydrogen-bond donors (Lipinski definition) is 3. The van der Waals surface area contributed by atoms with E-state index in [2.05, 4.69) is 4.98 Å². The number of rotatable bonds is 6. The predicted octanol–water partition coefficient (Wildman–Crippen LogP) is -2.18. The van der Waals surface area contributed by atoms with Gasteiger partial charge in [0.25, 0.3) is 0 Å². The summed E-state index contributed by atoms with van der Waals surface area (Å²) in [4.78, 5) is 48.4. The zero-order chi connectivity index (χ0) is 15.3. The third kappa shape index (κ3) is 4.40. The lowest BCUT2D eigenvalue weighted by atomic mass is 10.4. The van der Waals surface area contributed by atoms with Crippen LogP contribution in [0.2, 0.25) is 0 Å². The van der Waals surface area contributed by atoms with Crippen molar-refractivity contribution in [3.63, 3.8) is 0 Å². The van der Waals surface area contributed by atoms with Crippen LogP contribution in [0.3, 0.4) is 0 Å². The van der Waals surface area contributed by atoms with Gasteiger partial charge < -0.3 is 20.8 Å². The van der Waals surface area contributed by atoms with Gasteiger partial charge in [-0.1, -0.05) is 0 Å². The molecule has 0 fully saturated rings. The molecule has 1 aromatic rings. The molecule has 0 bridgehead atoms. The second-order valence-corrected chi connectivity index (χ2v) is 3.80. The minimum Gasteiger partial charge on any atom is -0.480 e. The second kappa shape index (κ2) is 6.31. The minimum atomic E-state index is -1.36. The van der Waals surface area contributed by atoms with Gasteiger partial charge in [-0.05, 0) is 6.07 Å². The van der Waals surface area contributed by atoms with Crippen LogP contribution >= 0.6 is 0 Å². The second-order valence-electron chi connectivity index (χ2n) is 3.80. The van der Waals surface area contributed by atoms with Gasteiger partial charge in [0.1, 0.15) is 25.5 Å². The van der Waals surface area contributed by atoms with Gasteiger partial charge in [-0.15, -0.1) is 0 Å². The summed E-state index contributed by atoms with van der Waals surface area (Å²) in [6.07, 6.45) is 1.21. The summed E-state index contributed by atoms with van der Waals surface area (Å²) >= 11 is 0. The third-order valence-corrected chi connectivity index (χ3v) is 2.21. The number of nitrogen functional groups attached to an aromatic ring is 1. The first-order chi connectivity index (χ1) is 9.29. The van der Waals surface area contributed by atoms with E-state index in [0.29, 0.717) is 4.90 Å². The zero-order valence-corrected chi connectivity index (χ0v) is 10.2. The predicted molar refractivity (Wildman–Crippen MR) is 64.8 cm³/mol. The molecule has 1 heterocycles. The molecular formula is C10H12N4O6. The minimum absolute atomic E-state index is 0.0216. The number of carbonyl (C=O) groups is 3. The van der Waals surface area contributed by atoms with E-state index in [-0.39, 0.29) is 5.82 Å². The van der Waals surface area contributed by atoms with E-state index in [0.717, 1.165) is 4.57 Å². The highest BCUT2D eigenvalue weighted by Crippen LogP contribution is 1.95. The van der Waals surface area contributed by atoms with E-state index in [1.165, 1.54) is 12.3 Å². The summed E-state index contributed by atoms with van der Waals surface area (Å²) < 4.78 is 0.898. The molecule has 1 rings (SSSR count). The normalized spacial score (nSPS) is 10.0. The van der Waals surface area contributed by atoms with Crippen molar-refractivity contribution < 1.29 is 24.6 Å².